The Hall–Kier alpha value is -0.960. The Balaban J connectivity index is 1.73. The third-order valence-electron chi connectivity index (χ3n) is 5.87. The summed E-state index contributed by atoms with van der Waals surface area (Å²) >= 11 is 0. The predicted molar refractivity (Wildman–Crippen MR) is 79.4 cm³/mol. The van der Waals surface area contributed by atoms with E-state index in [2.05, 4.69) is 11.1 Å². The van der Waals surface area contributed by atoms with Gasteiger partial charge >= 0.3 is 0 Å². The van der Waals surface area contributed by atoms with Crippen molar-refractivity contribution in [3.8, 4) is 0 Å². The summed E-state index contributed by atoms with van der Waals surface area (Å²) in [6.45, 7) is 2.71. The Bertz CT molecular complexity index is 488. The Labute approximate surface area is 121 Å². The lowest BCUT2D eigenvalue weighted by Crippen LogP contribution is -2.49. The first-order valence-corrected chi connectivity index (χ1v) is 8.22. The average molecular weight is 271 g/mol. The molecule has 4 aliphatic carbocycles. The van der Waals surface area contributed by atoms with Gasteiger partial charge in [-0.25, -0.2) is 9.97 Å². The van der Waals surface area contributed by atoms with E-state index < -0.39 is 0 Å². The van der Waals surface area contributed by atoms with Crippen molar-refractivity contribution < 1.29 is 0 Å². The van der Waals surface area contributed by atoms with E-state index in [4.69, 9.17) is 10.7 Å². The van der Waals surface area contributed by atoms with E-state index in [0.717, 1.165) is 35.7 Å². The molecule has 1 heterocycles. The zero-order valence-corrected chi connectivity index (χ0v) is 12.4. The number of nitrogens with zero attached hydrogens (tertiary/aromatic N) is 2. The molecule has 108 valence electrons. The van der Waals surface area contributed by atoms with Crippen LogP contribution in [0.2, 0.25) is 0 Å². The molecule has 0 atom stereocenters. The molecule has 5 rings (SSSR count). The van der Waals surface area contributed by atoms with Gasteiger partial charge in [0.2, 0.25) is 0 Å². The van der Waals surface area contributed by atoms with Gasteiger partial charge < -0.3 is 5.73 Å². The summed E-state index contributed by atoms with van der Waals surface area (Å²) in [5.41, 5.74) is 8.57. The van der Waals surface area contributed by atoms with Crippen molar-refractivity contribution in [3.05, 3.63) is 23.3 Å². The fourth-order valence-corrected chi connectivity index (χ4v) is 5.60. The van der Waals surface area contributed by atoms with Gasteiger partial charge in [0, 0.05) is 17.5 Å². The molecule has 4 bridgehead atoms. The van der Waals surface area contributed by atoms with Crippen LogP contribution in [0.5, 0.6) is 0 Å². The normalized spacial score (nSPS) is 38.4. The lowest BCUT2D eigenvalue weighted by Gasteiger charge is -2.56. The highest BCUT2D eigenvalue weighted by Gasteiger charge is 2.52. The molecule has 2 N–H and O–H groups in total. The summed E-state index contributed by atoms with van der Waals surface area (Å²) in [5, 5.41) is 0. The largest absolute Gasteiger partial charge is 0.330 e. The van der Waals surface area contributed by atoms with E-state index in [1.54, 1.807) is 0 Å². The third-order valence-corrected chi connectivity index (χ3v) is 5.87. The van der Waals surface area contributed by atoms with Gasteiger partial charge in [-0.3, -0.25) is 0 Å². The quantitative estimate of drug-likeness (QED) is 0.919. The van der Waals surface area contributed by atoms with Gasteiger partial charge in [-0.15, -0.1) is 0 Å². The number of rotatable bonds is 3. The zero-order chi connectivity index (χ0) is 13.7. The van der Waals surface area contributed by atoms with Crippen molar-refractivity contribution in [1.29, 1.82) is 0 Å². The standard InChI is InChI=1S/C17H25N3/c1-11-19-15(2-3-18)7-16(20-11)17-8-12-4-13(9-17)6-14(5-12)10-17/h7,12-14H,2-6,8-10,18H2,1H3. The summed E-state index contributed by atoms with van der Waals surface area (Å²) in [6, 6.07) is 2.27. The first kappa shape index (κ1) is 12.8. The van der Waals surface area contributed by atoms with Crippen LogP contribution in [0.3, 0.4) is 0 Å². The molecule has 0 amide bonds. The minimum atomic E-state index is 0.381. The van der Waals surface area contributed by atoms with Crippen LogP contribution in [0.25, 0.3) is 0 Å². The molecular formula is C17H25N3. The molecule has 3 nitrogen and oxygen atoms in total. The lowest BCUT2D eigenvalue weighted by molar-refractivity contribution is -0.00737. The van der Waals surface area contributed by atoms with Crippen LogP contribution in [0.15, 0.2) is 6.07 Å². The Kier molecular flexibility index (Phi) is 2.88. The first-order chi connectivity index (χ1) is 9.67. The Morgan fingerprint density at radius 1 is 1.10 bits per heavy atom. The van der Waals surface area contributed by atoms with Crippen LogP contribution >= 0.6 is 0 Å². The van der Waals surface area contributed by atoms with Crippen LogP contribution in [-0.2, 0) is 11.8 Å². The summed E-state index contributed by atoms with van der Waals surface area (Å²) in [7, 11) is 0. The number of hydrogen-bond donors (Lipinski definition) is 1. The number of aryl methyl sites for hydroxylation is 1. The summed E-state index contributed by atoms with van der Waals surface area (Å²) in [5.74, 6) is 3.83. The highest BCUT2D eigenvalue weighted by Crippen LogP contribution is 2.60. The molecule has 0 aromatic carbocycles. The average Bonchev–Trinajstić information content (AvgIpc) is 2.36. The third kappa shape index (κ3) is 1.98. The highest BCUT2D eigenvalue weighted by atomic mass is 14.9. The molecule has 20 heavy (non-hydrogen) atoms. The van der Waals surface area contributed by atoms with Crippen LogP contribution in [-0.4, -0.2) is 16.5 Å². The molecule has 0 radical (unpaired) electrons. The Morgan fingerprint density at radius 2 is 1.70 bits per heavy atom. The van der Waals surface area contributed by atoms with Crippen LogP contribution in [0, 0.1) is 24.7 Å². The zero-order valence-electron chi connectivity index (χ0n) is 12.4. The maximum Gasteiger partial charge on any atom is 0.125 e. The molecule has 1 aromatic rings. The van der Waals surface area contributed by atoms with Gasteiger partial charge in [0.15, 0.2) is 0 Å². The van der Waals surface area contributed by atoms with E-state index in [-0.39, 0.29) is 0 Å². The maximum atomic E-state index is 5.71. The molecule has 0 aliphatic heterocycles. The van der Waals surface area contributed by atoms with Crippen molar-refractivity contribution in [2.45, 2.75) is 57.3 Å². The number of hydrogen-bond acceptors (Lipinski definition) is 3. The Morgan fingerprint density at radius 3 is 2.25 bits per heavy atom. The van der Waals surface area contributed by atoms with Gasteiger partial charge in [-0.2, -0.15) is 0 Å². The van der Waals surface area contributed by atoms with Crippen LogP contribution < -0.4 is 5.73 Å². The van der Waals surface area contributed by atoms with E-state index in [9.17, 15) is 0 Å². The van der Waals surface area contributed by atoms with Gasteiger partial charge in [-0.05, 0) is 75.8 Å². The summed E-state index contributed by atoms with van der Waals surface area (Å²) in [6.07, 6.45) is 9.45. The molecule has 0 saturated heterocycles. The van der Waals surface area contributed by atoms with Gasteiger partial charge in [0.25, 0.3) is 0 Å². The minimum absolute atomic E-state index is 0.381. The van der Waals surface area contributed by atoms with Crippen molar-refractivity contribution in [3.63, 3.8) is 0 Å². The van der Waals surface area contributed by atoms with Crippen molar-refractivity contribution in [2.75, 3.05) is 6.54 Å². The van der Waals surface area contributed by atoms with Gasteiger partial charge in [0.05, 0.1) is 5.69 Å². The van der Waals surface area contributed by atoms with Crippen LogP contribution in [0.4, 0.5) is 0 Å². The summed E-state index contributed by atoms with van der Waals surface area (Å²) < 4.78 is 0. The highest BCUT2D eigenvalue weighted by molar-refractivity contribution is 5.25. The fourth-order valence-electron chi connectivity index (χ4n) is 5.60. The van der Waals surface area contributed by atoms with E-state index in [0.29, 0.717) is 12.0 Å². The molecule has 4 aliphatic rings. The smallest absolute Gasteiger partial charge is 0.125 e. The van der Waals surface area contributed by atoms with E-state index in [1.165, 1.54) is 44.2 Å². The number of nitrogens with two attached hydrogens (primary N) is 1. The second-order valence-electron chi connectivity index (χ2n) is 7.53. The first-order valence-electron chi connectivity index (χ1n) is 8.22. The maximum absolute atomic E-state index is 5.71. The molecule has 0 spiro atoms. The van der Waals surface area contributed by atoms with Crippen LogP contribution in [0.1, 0.15) is 55.7 Å². The second-order valence-corrected chi connectivity index (χ2v) is 7.53. The minimum Gasteiger partial charge on any atom is -0.330 e. The fraction of sp³-hybridized carbons (Fsp3) is 0.765. The van der Waals surface area contributed by atoms with Crippen molar-refractivity contribution >= 4 is 0 Å². The second kappa shape index (κ2) is 4.52. The van der Waals surface area contributed by atoms with Crippen molar-refractivity contribution in [1.82, 2.24) is 9.97 Å². The molecule has 0 unspecified atom stereocenters. The molecule has 1 aromatic heterocycles. The monoisotopic (exact) mass is 271 g/mol. The molecule has 3 heteroatoms. The predicted octanol–water partition coefficient (Wildman–Crippen LogP) is 2.75. The van der Waals surface area contributed by atoms with Gasteiger partial charge in [-0.1, -0.05) is 0 Å². The van der Waals surface area contributed by atoms with Crippen molar-refractivity contribution in [2.24, 2.45) is 23.5 Å². The molecular weight excluding hydrogens is 246 g/mol. The lowest BCUT2D eigenvalue weighted by atomic mass is 9.49. The topological polar surface area (TPSA) is 51.8 Å². The number of aromatic nitrogens is 2. The van der Waals surface area contributed by atoms with E-state index >= 15 is 0 Å². The summed E-state index contributed by atoms with van der Waals surface area (Å²) in [4.78, 5) is 9.41. The van der Waals surface area contributed by atoms with E-state index in [1.807, 2.05) is 6.92 Å². The SMILES string of the molecule is Cc1nc(CCN)cc(C23CC4CC(CC(C4)C2)C3)n1. The molecule has 4 fully saturated rings. The molecule has 4 saturated carbocycles. The van der Waals surface area contributed by atoms with Gasteiger partial charge in [0.1, 0.15) is 5.82 Å².